The van der Waals surface area contributed by atoms with Gasteiger partial charge in [0.05, 0.1) is 6.10 Å². The zero-order valence-corrected chi connectivity index (χ0v) is 11.4. The van der Waals surface area contributed by atoms with Crippen LogP contribution in [-0.2, 0) is 0 Å². The molecule has 1 N–H and O–H groups in total. The van der Waals surface area contributed by atoms with Crippen molar-refractivity contribution in [3.63, 3.8) is 0 Å². The van der Waals surface area contributed by atoms with E-state index in [0.717, 1.165) is 18.9 Å². The van der Waals surface area contributed by atoms with E-state index in [4.69, 9.17) is 0 Å². The van der Waals surface area contributed by atoms with E-state index in [9.17, 15) is 5.11 Å². The van der Waals surface area contributed by atoms with Crippen LogP contribution in [0.25, 0.3) is 0 Å². The summed E-state index contributed by atoms with van der Waals surface area (Å²) < 4.78 is 0. The number of likely N-dealkylation sites (N-methyl/N-ethyl adjacent to an activating group) is 1. The van der Waals surface area contributed by atoms with E-state index in [-0.39, 0.29) is 6.10 Å². The van der Waals surface area contributed by atoms with E-state index < -0.39 is 0 Å². The van der Waals surface area contributed by atoms with Crippen LogP contribution in [0.2, 0.25) is 0 Å². The predicted molar refractivity (Wildman–Crippen MR) is 69.5 cm³/mol. The largest absolute Gasteiger partial charge is 0.392 e. The molecule has 1 aliphatic rings. The number of nitrogens with zero attached hydrogens (tertiary/aromatic N) is 1. The predicted octanol–water partition coefficient (Wildman–Crippen LogP) is 2.90. The molecule has 1 fully saturated rings. The first-order chi connectivity index (χ1) is 7.54. The molecule has 0 radical (unpaired) electrons. The third-order valence-electron chi connectivity index (χ3n) is 4.31. The first kappa shape index (κ1) is 14.0. The molecule has 0 heterocycles. The minimum absolute atomic E-state index is 0.160. The summed E-state index contributed by atoms with van der Waals surface area (Å²) in [6.45, 7) is 7.48. The average Bonchev–Trinajstić information content (AvgIpc) is 2.27. The molecule has 16 heavy (non-hydrogen) atoms. The number of hydrogen-bond acceptors (Lipinski definition) is 2. The lowest BCUT2D eigenvalue weighted by Gasteiger charge is -2.36. The van der Waals surface area contributed by atoms with E-state index in [2.05, 4.69) is 32.7 Å². The van der Waals surface area contributed by atoms with Crippen molar-refractivity contribution < 1.29 is 5.11 Å². The molecule has 0 aromatic heterocycles. The molecule has 0 saturated heterocycles. The fraction of sp³-hybridized carbons (Fsp3) is 1.00. The van der Waals surface area contributed by atoms with Crippen molar-refractivity contribution in [3.8, 4) is 0 Å². The maximum Gasteiger partial charge on any atom is 0.0692 e. The van der Waals surface area contributed by atoms with Crippen LogP contribution in [0.1, 0.15) is 52.9 Å². The number of aliphatic hydroxyl groups is 1. The van der Waals surface area contributed by atoms with Gasteiger partial charge in [0.15, 0.2) is 0 Å². The number of hydrogen-bond donors (Lipinski definition) is 1. The van der Waals surface area contributed by atoms with E-state index in [1.165, 1.54) is 25.7 Å². The Balaban J connectivity index is 2.35. The summed E-state index contributed by atoms with van der Waals surface area (Å²) >= 11 is 0. The third kappa shape index (κ3) is 4.06. The Bertz CT molecular complexity index is 195. The van der Waals surface area contributed by atoms with Crippen molar-refractivity contribution in [2.45, 2.75) is 65.0 Å². The van der Waals surface area contributed by atoms with Gasteiger partial charge in [0.1, 0.15) is 0 Å². The van der Waals surface area contributed by atoms with Crippen LogP contribution >= 0.6 is 0 Å². The second-order valence-electron chi connectivity index (χ2n) is 5.82. The molecule has 2 nitrogen and oxygen atoms in total. The van der Waals surface area contributed by atoms with Crippen molar-refractivity contribution in [2.75, 3.05) is 13.6 Å². The lowest BCUT2D eigenvalue weighted by molar-refractivity contribution is 0.0503. The van der Waals surface area contributed by atoms with Crippen LogP contribution in [0.4, 0.5) is 0 Å². The van der Waals surface area contributed by atoms with Crippen molar-refractivity contribution in [1.82, 2.24) is 4.90 Å². The van der Waals surface area contributed by atoms with Gasteiger partial charge in [-0.15, -0.1) is 0 Å². The highest BCUT2D eigenvalue weighted by Crippen LogP contribution is 2.27. The molecule has 4 unspecified atom stereocenters. The fourth-order valence-electron chi connectivity index (χ4n) is 2.70. The smallest absolute Gasteiger partial charge is 0.0692 e. The van der Waals surface area contributed by atoms with Crippen LogP contribution in [0.15, 0.2) is 0 Å². The second kappa shape index (κ2) is 6.61. The maximum absolute atomic E-state index is 10.0. The summed E-state index contributed by atoms with van der Waals surface area (Å²) in [5, 5.41) is 10.0. The Morgan fingerprint density at radius 3 is 2.62 bits per heavy atom. The normalized spacial score (nSPS) is 30.4. The Kier molecular flexibility index (Phi) is 5.77. The van der Waals surface area contributed by atoms with E-state index in [1.54, 1.807) is 0 Å². The summed E-state index contributed by atoms with van der Waals surface area (Å²) in [4.78, 5) is 2.38. The SMILES string of the molecule is CCC(C)C(O)CN(C)C1CCCC(C)C1. The summed E-state index contributed by atoms with van der Waals surface area (Å²) in [5.41, 5.74) is 0. The van der Waals surface area contributed by atoms with Gasteiger partial charge in [0.2, 0.25) is 0 Å². The van der Waals surface area contributed by atoms with Gasteiger partial charge >= 0.3 is 0 Å². The highest BCUT2D eigenvalue weighted by atomic mass is 16.3. The van der Waals surface area contributed by atoms with Crippen molar-refractivity contribution >= 4 is 0 Å². The van der Waals surface area contributed by atoms with Gasteiger partial charge in [0.25, 0.3) is 0 Å². The molecular weight excluding hydrogens is 198 g/mol. The van der Waals surface area contributed by atoms with E-state index >= 15 is 0 Å². The first-order valence-electron chi connectivity index (χ1n) is 6.92. The van der Waals surface area contributed by atoms with Gasteiger partial charge in [-0.05, 0) is 31.7 Å². The summed E-state index contributed by atoms with van der Waals surface area (Å²) in [6, 6.07) is 0.697. The molecule has 1 saturated carbocycles. The number of rotatable bonds is 5. The van der Waals surface area contributed by atoms with Crippen molar-refractivity contribution in [1.29, 1.82) is 0 Å². The Hall–Kier alpha value is -0.0800. The lowest BCUT2D eigenvalue weighted by Crippen LogP contribution is -2.41. The Morgan fingerprint density at radius 2 is 2.06 bits per heavy atom. The van der Waals surface area contributed by atoms with Crippen molar-refractivity contribution in [3.05, 3.63) is 0 Å². The van der Waals surface area contributed by atoms with Gasteiger partial charge in [-0.3, -0.25) is 0 Å². The van der Waals surface area contributed by atoms with Crippen LogP contribution in [-0.4, -0.2) is 35.7 Å². The van der Waals surface area contributed by atoms with Crippen LogP contribution in [0.5, 0.6) is 0 Å². The van der Waals surface area contributed by atoms with Crippen LogP contribution in [0.3, 0.4) is 0 Å². The minimum atomic E-state index is -0.160. The molecule has 0 aromatic carbocycles. The van der Waals surface area contributed by atoms with Gasteiger partial charge in [-0.2, -0.15) is 0 Å². The molecule has 4 atom stereocenters. The third-order valence-corrected chi connectivity index (χ3v) is 4.31. The Labute approximate surface area is 101 Å². The zero-order chi connectivity index (χ0) is 12.1. The fourth-order valence-corrected chi connectivity index (χ4v) is 2.70. The highest BCUT2D eigenvalue weighted by molar-refractivity contribution is 4.79. The maximum atomic E-state index is 10.0. The topological polar surface area (TPSA) is 23.5 Å². The average molecular weight is 227 g/mol. The van der Waals surface area contributed by atoms with Gasteiger partial charge in [-0.1, -0.05) is 40.0 Å². The monoisotopic (exact) mass is 227 g/mol. The van der Waals surface area contributed by atoms with Gasteiger partial charge in [-0.25, -0.2) is 0 Å². The molecule has 1 rings (SSSR count). The molecule has 0 aliphatic heterocycles. The van der Waals surface area contributed by atoms with E-state index in [1.807, 2.05) is 0 Å². The molecule has 2 heteroatoms. The van der Waals surface area contributed by atoms with Gasteiger partial charge < -0.3 is 10.0 Å². The first-order valence-corrected chi connectivity index (χ1v) is 6.92. The van der Waals surface area contributed by atoms with Crippen LogP contribution in [0, 0.1) is 11.8 Å². The molecule has 0 spiro atoms. The standard InChI is InChI=1S/C14H29NO/c1-5-12(3)14(16)10-15(4)13-8-6-7-11(2)9-13/h11-14,16H,5-10H2,1-4H3. The minimum Gasteiger partial charge on any atom is -0.392 e. The number of aliphatic hydroxyl groups excluding tert-OH is 1. The van der Waals surface area contributed by atoms with Gasteiger partial charge in [0, 0.05) is 12.6 Å². The van der Waals surface area contributed by atoms with Crippen LogP contribution < -0.4 is 0 Å². The lowest BCUT2D eigenvalue weighted by atomic mass is 9.86. The molecular formula is C14H29NO. The zero-order valence-electron chi connectivity index (χ0n) is 11.4. The summed E-state index contributed by atoms with van der Waals surface area (Å²) in [7, 11) is 2.17. The Morgan fingerprint density at radius 1 is 1.38 bits per heavy atom. The molecule has 0 aromatic rings. The highest BCUT2D eigenvalue weighted by Gasteiger charge is 2.24. The van der Waals surface area contributed by atoms with Crippen molar-refractivity contribution in [2.24, 2.45) is 11.8 Å². The molecule has 0 bridgehead atoms. The molecule has 1 aliphatic carbocycles. The summed E-state index contributed by atoms with van der Waals surface area (Å²) in [6.07, 6.45) is 6.27. The summed E-state index contributed by atoms with van der Waals surface area (Å²) in [5.74, 6) is 1.28. The second-order valence-corrected chi connectivity index (χ2v) is 5.82. The molecule has 0 amide bonds. The quantitative estimate of drug-likeness (QED) is 0.780. The van der Waals surface area contributed by atoms with E-state index in [0.29, 0.717) is 12.0 Å². The molecule has 96 valence electrons.